The van der Waals surface area contributed by atoms with Crippen molar-refractivity contribution in [3.05, 3.63) is 167 Å². The predicted molar refractivity (Wildman–Crippen MR) is 186 cm³/mol. The van der Waals surface area contributed by atoms with Gasteiger partial charge in [-0.15, -0.1) is 0 Å². The normalized spacial score (nSPS) is 12.8. The molecule has 214 valence electrons. The first-order valence-electron chi connectivity index (χ1n) is 15.1. The van der Waals surface area contributed by atoms with Crippen LogP contribution in [0.3, 0.4) is 0 Å². The zero-order valence-electron chi connectivity index (χ0n) is 25.3. The van der Waals surface area contributed by atoms with Crippen molar-refractivity contribution in [3.63, 3.8) is 0 Å². The summed E-state index contributed by atoms with van der Waals surface area (Å²) >= 11 is 0. The number of nitrogens with one attached hydrogen (secondary N) is 1. The van der Waals surface area contributed by atoms with Crippen LogP contribution in [-0.4, -0.2) is 10.3 Å². The van der Waals surface area contributed by atoms with E-state index in [2.05, 4.69) is 110 Å². The highest BCUT2D eigenvalue weighted by atomic mass is 15.0. The molecular weight excluding hydrogens is 534 g/mol. The number of benzene rings is 6. The number of aryl methyl sites for hydroxylation is 1. The summed E-state index contributed by atoms with van der Waals surface area (Å²) in [4.78, 5) is 0. The van der Waals surface area contributed by atoms with Crippen molar-refractivity contribution < 1.29 is 0 Å². The molecule has 0 spiro atoms. The molecular formula is C41H35N3. The molecule has 1 aliphatic rings. The van der Waals surface area contributed by atoms with Gasteiger partial charge < -0.3 is 10.3 Å². The second-order valence-corrected chi connectivity index (χ2v) is 12.0. The molecule has 44 heavy (non-hydrogen) atoms. The second-order valence-electron chi connectivity index (χ2n) is 12.0. The Balaban J connectivity index is 0.000000176. The van der Waals surface area contributed by atoms with Crippen LogP contribution in [0.4, 0.5) is 5.69 Å². The first-order valence-corrected chi connectivity index (χ1v) is 15.1. The molecule has 0 aliphatic heterocycles. The quantitative estimate of drug-likeness (QED) is 0.161. The molecule has 6 aromatic carbocycles. The summed E-state index contributed by atoms with van der Waals surface area (Å²) < 4.78 is 2.47. The number of aromatic nitrogens is 1. The van der Waals surface area contributed by atoms with Crippen molar-refractivity contribution in [1.29, 1.82) is 5.41 Å². The van der Waals surface area contributed by atoms with Gasteiger partial charge in [0.2, 0.25) is 0 Å². The molecule has 0 unspecified atom stereocenters. The molecule has 0 radical (unpaired) electrons. The Bertz CT molecular complexity index is 2170. The van der Waals surface area contributed by atoms with Crippen molar-refractivity contribution >= 4 is 33.2 Å². The highest BCUT2D eigenvalue weighted by molar-refractivity contribution is 6.17. The molecule has 0 fully saturated rings. The summed E-state index contributed by atoms with van der Waals surface area (Å²) in [5.41, 5.74) is 19.4. The molecule has 0 amide bonds. The van der Waals surface area contributed by atoms with Gasteiger partial charge in [-0.3, -0.25) is 5.41 Å². The number of hydrogen-bond donors (Lipinski definition) is 2. The van der Waals surface area contributed by atoms with Crippen molar-refractivity contribution in [2.24, 2.45) is 0 Å². The number of nitrogen functional groups attached to an aromatic ring is 1. The van der Waals surface area contributed by atoms with Gasteiger partial charge in [-0.05, 0) is 53.4 Å². The molecule has 3 heteroatoms. The highest BCUT2D eigenvalue weighted by Crippen LogP contribution is 2.53. The smallest absolute Gasteiger partial charge is 0.0705 e. The molecule has 1 aliphatic carbocycles. The van der Waals surface area contributed by atoms with Crippen LogP contribution in [-0.2, 0) is 5.41 Å². The summed E-state index contributed by atoms with van der Waals surface area (Å²) in [6.07, 6.45) is 0. The van der Waals surface area contributed by atoms with Gasteiger partial charge >= 0.3 is 0 Å². The Morgan fingerprint density at radius 3 is 2.05 bits per heavy atom. The molecule has 1 heterocycles. The Morgan fingerprint density at radius 2 is 1.30 bits per heavy atom. The molecule has 3 nitrogen and oxygen atoms in total. The van der Waals surface area contributed by atoms with Gasteiger partial charge in [0.05, 0.1) is 16.7 Å². The van der Waals surface area contributed by atoms with Crippen LogP contribution in [0.5, 0.6) is 0 Å². The summed E-state index contributed by atoms with van der Waals surface area (Å²) in [6, 6.07) is 48.0. The van der Waals surface area contributed by atoms with Crippen LogP contribution in [0.15, 0.2) is 140 Å². The van der Waals surface area contributed by atoms with E-state index < -0.39 is 0 Å². The molecule has 1 aromatic heterocycles. The van der Waals surface area contributed by atoms with E-state index in [1.165, 1.54) is 55.3 Å². The summed E-state index contributed by atoms with van der Waals surface area (Å²) in [7, 11) is 0. The zero-order valence-corrected chi connectivity index (χ0v) is 25.3. The fraction of sp³-hybridized carbons (Fsp3) is 0.0976. The number of nitrogens with two attached hydrogens (primary N) is 1. The molecule has 0 saturated carbocycles. The standard InChI is InChI=1S/C28H23N.C13H12N2/c1-18-17-23-26(20-13-7-9-15-22(20)28(23,2)3)27-25(18)21-14-8-10-16-24(21)29(27)19-11-5-4-6-12-19;14-12-9-5-4-8-11(12)13(15)10-6-2-1-3-7-10/h4-17H,1-3H3;1-9,15H,14H2. The average Bonchev–Trinajstić information content (AvgIpc) is 3.52. The monoisotopic (exact) mass is 569 g/mol. The zero-order chi connectivity index (χ0) is 30.4. The number of hydrogen-bond acceptors (Lipinski definition) is 2. The van der Waals surface area contributed by atoms with Crippen molar-refractivity contribution in [3.8, 4) is 16.8 Å². The van der Waals surface area contributed by atoms with E-state index in [-0.39, 0.29) is 5.41 Å². The molecule has 0 saturated heterocycles. The average molecular weight is 570 g/mol. The van der Waals surface area contributed by atoms with Crippen LogP contribution in [0.25, 0.3) is 38.6 Å². The molecule has 0 atom stereocenters. The lowest BCUT2D eigenvalue weighted by Gasteiger charge is -2.22. The van der Waals surface area contributed by atoms with Crippen LogP contribution in [0, 0.1) is 12.3 Å². The Kier molecular flexibility index (Phi) is 6.67. The number of anilines is 1. The number of para-hydroxylation sites is 3. The van der Waals surface area contributed by atoms with Crippen molar-refractivity contribution in [1.82, 2.24) is 4.57 Å². The minimum atomic E-state index is 0.00283. The minimum absolute atomic E-state index is 0.00283. The first-order chi connectivity index (χ1) is 21.4. The second kappa shape index (κ2) is 10.7. The SMILES string of the molecule is Cc1cc2c(c3c1c1ccccc1n3-c1ccccc1)-c1ccccc1C2(C)C.N=C(c1ccccc1)c1ccccc1N. The molecule has 7 aromatic rings. The van der Waals surface area contributed by atoms with Gasteiger partial charge in [-0.1, -0.05) is 129 Å². The van der Waals surface area contributed by atoms with Crippen molar-refractivity contribution in [2.75, 3.05) is 5.73 Å². The topological polar surface area (TPSA) is 54.8 Å². The van der Waals surface area contributed by atoms with Gasteiger partial charge in [0.15, 0.2) is 0 Å². The Morgan fingerprint density at radius 1 is 0.682 bits per heavy atom. The van der Waals surface area contributed by atoms with Gasteiger partial charge in [0.25, 0.3) is 0 Å². The van der Waals surface area contributed by atoms with Gasteiger partial charge in [0, 0.05) is 44.3 Å². The van der Waals surface area contributed by atoms with E-state index in [1.54, 1.807) is 0 Å². The number of nitrogens with zero attached hydrogens (tertiary/aromatic N) is 1. The summed E-state index contributed by atoms with van der Waals surface area (Å²) in [6.45, 7) is 6.99. The predicted octanol–water partition coefficient (Wildman–Crippen LogP) is 10.1. The maximum atomic E-state index is 8.03. The number of fused-ring (bicyclic) bond motifs is 7. The highest BCUT2D eigenvalue weighted by Gasteiger charge is 2.38. The summed E-state index contributed by atoms with van der Waals surface area (Å²) in [5.74, 6) is 0. The molecule has 8 rings (SSSR count). The third-order valence-electron chi connectivity index (χ3n) is 8.99. The minimum Gasteiger partial charge on any atom is -0.398 e. The van der Waals surface area contributed by atoms with Gasteiger partial charge in [-0.25, -0.2) is 0 Å². The first kappa shape index (κ1) is 27.4. The maximum Gasteiger partial charge on any atom is 0.0705 e. The van der Waals surface area contributed by atoms with E-state index in [0.717, 1.165) is 11.1 Å². The maximum absolute atomic E-state index is 8.03. The van der Waals surface area contributed by atoms with Gasteiger partial charge in [-0.2, -0.15) is 0 Å². The lowest BCUT2D eigenvalue weighted by molar-refractivity contribution is 0.660. The van der Waals surface area contributed by atoms with Crippen LogP contribution in [0.1, 0.15) is 41.7 Å². The summed E-state index contributed by atoms with van der Waals surface area (Å²) in [5, 5.41) is 10.7. The van der Waals surface area contributed by atoms with E-state index in [0.29, 0.717) is 11.4 Å². The van der Waals surface area contributed by atoms with E-state index in [1.807, 2.05) is 54.6 Å². The van der Waals surface area contributed by atoms with Crippen LogP contribution >= 0.6 is 0 Å². The Labute approximate surface area is 258 Å². The third kappa shape index (κ3) is 4.32. The Hall–Kier alpha value is -5.41. The largest absolute Gasteiger partial charge is 0.398 e. The van der Waals surface area contributed by atoms with Crippen molar-refractivity contribution in [2.45, 2.75) is 26.2 Å². The van der Waals surface area contributed by atoms with E-state index in [9.17, 15) is 0 Å². The molecule has 3 N–H and O–H groups in total. The third-order valence-corrected chi connectivity index (χ3v) is 8.99. The van der Waals surface area contributed by atoms with Crippen LogP contribution < -0.4 is 5.73 Å². The van der Waals surface area contributed by atoms with E-state index >= 15 is 0 Å². The van der Waals surface area contributed by atoms with Crippen LogP contribution in [0.2, 0.25) is 0 Å². The van der Waals surface area contributed by atoms with Gasteiger partial charge in [0.1, 0.15) is 0 Å². The fourth-order valence-electron chi connectivity index (χ4n) is 6.85. The lowest BCUT2D eigenvalue weighted by Crippen LogP contribution is -2.15. The lowest BCUT2D eigenvalue weighted by atomic mass is 9.81. The number of rotatable bonds is 3. The fourth-order valence-corrected chi connectivity index (χ4v) is 6.85. The molecule has 0 bridgehead atoms. The van der Waals surface area contributed by atoms with E-state index in [4.69, 9.17) is 11.1 Å².